The molecule has 1 N–H and O–H groups in total. The van der Waals surface area contributed by atoms with Crippen LogP contribution in [0.5, 0.6) is 0 Å². The van der Waals surface area contributed by atoms with E-state index in [1.54, 1.807) is 12.1 Å². The smallest absolute Gasteiger partial charge is 0.274 e. The molecule has 0 saturated heterocycles. The van der Waals surface area contributed by atoms with E-state index in [1.165, 1.54) is 11.1 Å². The number of nitrogens with zero attached hydrogens (tertiary/aromatic N) is 1. The van der Waals surface area contributed by atoms with Crippen LogP contribution in [0.3, 0.4) is 0 Å². The van der Waals surface area contributed by atoms with Gasteiger partial charge in [0.15, 0.2) is 0 Å². The molecule has 0 saturated carbocycles. The molecule has 0 amide bonds. The zero-order chi connectivity index (χ0) is 17.6. The second-order valence-corrected chi connectivity index (χ2v) is 7.26. The number of para-hydroxylation sites is 2. The van der Waals surface area contributed by atoms with Crippen LogP contribution in [0.4, 0.5) is 11.4 Å². The molecule has 0 radical (unpaired) electrons. The van der Waals surface area contributed by atoms with Crippen LogP contribution in [0.2, 0.25) is 0 Å². The Balaban J connectivity index is 1.86. The number of fused-ring (bicyclic) bond motifs is 3. The second-order valence-electron chi connectivity index (χ2n) is 7.26. The summed E-state index contributed by atoms with van der Waals surface area (Å²) in [6.07, 6.45) is 5.44. The molecule has 4 heteroatoms. The topological polar surface area (TPSA) is 55.2 Å². The van der Waals surface area contributed by atoms with E-state index in [-0.39, 0.29) is 16.7 Å². The first-order valence-corrected chi connectivity index (χ1v) is 8.87. The molecule has 0 bridgehead atoms. The summed E-state index contributed by atoms with van der Waals surface area (Å²) in [6, 6.07) is 13.6. The van der Waals surface area contributed by atoms with E-state index in [0.29, 0.717) is 17.8 Å². The Hall–Kier alpha value is -2.62. The fourth-order valence-electron chi connectivity index (χ4n) is 4.35. The zero-order valence-corrected chi connectivity index (χ0v) is 14.5. The minimum atomic E-state index is -0.266. The molecule has 25 heavy (non-hydrogen) atoms. The molecule has 0 aromatic heterocycles. The molecule has 1 aliphatic carbocycles. The molecule has 4 rings (SSSR count). The van der Waals surface area contributed by atoms with Crippen molar-refractivity contribution >= 4 is 11.4 Å². The van der Waals surface area contributed by atoms with Gasteiger partial charge in [-0.3, -0.25) is 10.1 Å². The van der Waals surface area contributed by atoms with Crippen LogP contribution in [0, 0.1) is 16.0 Å². The lowest BCUT2D eigenvalue weighted by atomic mass is 9.75. The number of nitro benzene ring substituents is 1. The molecular formula is C21H22N2O2. The van der Waals surface area contributed by atoms with E-state index < -0.39 is 0 Å². The molecule has 0 fully saturated rings. The molecule has 1 heterocycles. The maximum absolute atomic E-state index is 11.5. The van der Waals surface area contributed by atoms with Gasteiger partial charge in [0.2, 0.25) is 0 Å². The predicted molar refractivity (Wildman–Crippen MR) is 100.0 cm³/mol. The highest BCUT2D eigenvalue weighted by atomic mass is 16.6. The number of allylic oxidation sites excluding steroid dienone is 2. The van der Waals surface area contributed by atoms with E-state index >= 15 is 0 Å². The molecule has 2 aromatic carbocycles. The van der Waals surface area contributed by atoms with Gasteiger partial charge >= 0.3 is 0 Å². The van der Waals surface area contributed by atoms with E-state index in [9.17, 15) is 10.1 Å². The van der Waals surface area contributed by atoms with E-state index in [0.717, 1.165) is 17.7 Å². The average molecular weight is 334 g/mol. The highest BCUT2D eigenvalue weighted by Crippen LogP contribution is 2.52. The maximum Gasteiger partial charge on any atom is 0.274 e. The molecule has 2 aliphatic rings. The monoisotopic (exact) mass is 334 g/mol. The van der Waals surface area contributed by atoms with Crippen LogP contribution < -0.4 is 5.32 Å². The molecule has 0 unspecified atom stereocenters. The number of hydrogen-bond acceptors (Lipinski definition) is 3. The molecule has 128 valence electrons. The van der Waals surface area contributed by atoms with Gasteiger partial charge < -0.3 is 5.32 Å². The fourth-order valence-corrected chi connectivity index (χ4v) is 4.35. The van der Waals surface area contributed by atoms with Gasteiger partial charge in [-0.2, -0.15) is 0 Å². The number of benzene rings is 2. The number of hydrogen-bond donors (Lipinski definition) is 1. The van der Waals surface area contributed by atoms with Crippen molar-refractivity contribution in [2.75, 3.05) is 5.32 Å². The van der Waals surface area contributed by atoms with Crippen LogP contribution in [0.15, 0.2) is 54.6 Å². The van der Waals surface area contributed by atoms with Gasteiger partial charge in [0.1, 0.15) is 0 Å². The van der Waals surface area contributed by atoms with Crippen molar-refractivity contribution in [1.29, 1.82) is 0 Å². The van der Waals surface area contributed by atoms with Crippen molar-refractivity contribution in [2.45, 2.75) is 38.1 Å². The van der Waals surface area contributed by atoms with Crippen molar-refractivity contribution in [1.82, 2.24) is 0 Å². The lowest BCUT2D eigenvalue weighted by molar-refractivity contribution is -0.385. The normalized spacial score (nSPS) is 23.9. The number of anilines is 1. The third kappa shape index (κ3) is 2.53. The highest BCUT2D eigenvalue weighted by Gasteiger charge is 2.40. The van der Waals surface area contributed by atoms with Gasteiger partial charge in [0, 0.05) is 17.7 Å². The lowest BCUT2D eigenvalue weighted by Crippen LogP contribution is -2.30. The Bertz CT molecular complexity index is 857. The van der Waals surface area contributed by atoms with Crippen LogP contribution in [-0.2, 0) is 0 Å². The second kappa shape index (κ2) is 6.03. The number of rotatable bonds is 3. The number of nitro groups is 1. The Kier molecular flexibility index (Phi) is 3.83. The fraction of sp³-hybridized carbons (Fsp3) is 0.333. The maximum atomic E-state index is 11.5. The zero-order valence-electron chi connectivity index (χ0n) is 14.5. The van der Waals surface area contributed by atoms with Gasteiger partial charge in [-0.15, -0.1) is 0 Å². The average Bonchev–Trinajstić information content (AvgIpc) is 3.10. The first-order chi connectivity index (χ1) is 12.1. The van der Waals surface area contributed by atoms with Crippen LogP contribution in [-0.4, -0.2) is 4.92 Å². The summed E-state index contributed by atoms with van der Waals surface area (Å²) >= 11 is 0. The standard InChI is InChI=1S/C21H22N2O2/c1-13(2)14-8-5-10-16-15-9-6-11-17(15)21(22-20(14)16)18-7-3-4-12-19(18)23(24)25/h3-10,12-13,15,17,21-22H,11H2,1-2H3/t15-,17-,21-/m0/s1. The van der Waals surface area contributed by atoms with Crippen molar-refractivity contribution in [3.63, 3.8) is 0 Å². The van der Waals surface area contributed by atoms with E-state index in [4.69, 9.17) is 0 Å². The Labute approximate surface area is 147 Å². The van der Waals surface area contributed by atoms with Crippen molar-refractivity contribution < 1.29 is 4.92 Å². The Morgan fingerprint density at radius 3 is 2.64 bits per heavy atom. The first-order valence-electron chi connectivity index (χ1n) is 8.87. The van der Waals surface area contributed by atoms with E-state index in [1.807, 2.05) is 12.1 Å². The first kappa shape index (κ1) is 15.9. The summed E-state index contributed by atoms with van der Waals surface area (Å²) in [5, 5.41) is 15.2. The quantitative estimate of drug-likeness (QED) is 0.455. The van der Waals surface area contributed by atoms with Gasteiger partial charge in [-0.05, 0) is 29.4 Å². The van der Waals surface area contributed by atoms with Gasteiger partial charge in [-0.1, -0.05) is 62.4 Å². The third-order valence-electron chi connectivity index (χ3n) is 5.52. The van der Waals surface area contributed by atoms with Crippen molar-refractivity contribution in [2.24, 2.45) is 5.92 Å². The van der Waals surface area contributed by atoms with Crippen LogP contribution in [0.1, 0.15) is 54.8 Å². The molecule has 0 spiro atoms. The summed E-state index contributed by atoms with van der Waals surface area (Å²) in [6.45, 7) is 4.38. The molecule has 4 nitrogen and oxygen atoms in total. The van der Waals surface area contributed by atoms with Gasteiger partial charge in [0.05, 0.1) is 16.5 Å². The lowest BCUT2D eigenvalue weighted by Gasteiger charge is -2.38. The molecular weight excluding hydrogens is 312 g/mol. The van der Waals surface area contributed by atoms with Crippen LogP contribution in [0.25, 0.3) is 0 Å². The summed E-state index contributed by atoms with van der Waals surface area (Å²) < 4.78 is 0. The van der Waals surface area contributed by atoms with Crippen molar-refractivity contribution in [3.8, 4) is 0 Å². The Morgan fingerprint density at radius 2 is 1.88 bits per heavy atom. The van der Waals surface area contributed by atoms with Crippen molar-refractivity contribution in [3.05, 3.63) is 81.4 Å². The highest BCUT2D eigenvalue weighted by molar-refractivity contribution is 5.66. The van der Waals surface area contributed by atoms with E-state index in [2.05, 4.69) is 49.5 Å². The molecule has 3 atom stereocenters. The summed E-state index contributed by atoms with van der Waals surface area (Å²) in [4.78, 5) is 11.3. The van der Waals surface area contributed by atoms with Gasteiger partial charge in [-0.25, -0.2) is 0 Å². The molecule has 2 aromatic rings. The Morgan fingerprint density at radius 1 is 1.12 bits per heavy atom. The third-order valence-corrected chi connectivity index (χ3v) is 5.52. The van der Waals surface area contributed by atoms with Crippen LogP contribution >= 0.6 is 0 Å². The minimum Gasteiger partial charge on any atom is -0.377 e. The summed E-state index contributed by atoms with van der Waals surface area (Å²) in [7, 11) is 0. The molecule has 1 aliphatic heterocycles. The predicted octanol–water partition coefficient (Wildman–Crippen LogP) is 5.54. The van der Waals surface area contributed by atoms with Gasteiger partial charge in [0.25, 0.3) is 5.69 Å². The summed E-state index contributed by atoms with van der Waals surface area (Å²) in [5.41, 5.74) is 4.75. The number of nitrogens with one attached hydrogen (secondary N) is 1. The SMILES string of the molecule is CC(C)c1cccc2c1N[C@H](c1ccccc1[N+](=O)[O-])[C@H]1CC=C[C@@H]21. The minimum absolute atomic E-state index is 0.0472. The largest absolute Gasteiger partial charge is 0.377 e. The summed E-state index contributed by atoms with van der Waals surface area (Å²) in [5.74, 6) is 1.03.